The SMILES string of the molecule is CCc1ccccc1C(=O)NC1CCCCCC1O. The fraction of sp³-hybridized carbons (Fsp3) is 0.562. The summed E-state index contributed by atoms with van der Waals surface area (Å²) in [5, 5.41) is 13.1. The van der Waals surface area contributed by atoms with Gasteiger partial charge in [0.25, 0.3) is 5.91 Å². The van der Waals surface area contributed by atoms with Crippen LogP contribution in [0.25, 0.3) is 0 Å². The van der Waals surface area contributed by atoms with Crippen LogP contribution in [0.4, 0.5) is 0 Å². The number of carbonyl (C=O) groups excluding carboxylic acids is 1. The second-order valence-corrected chi connectivity index (χ2v) is 5.30. The van der Waals surface area contributed by atoms with E-state index < -0.39 is 6.10 Å². The van der Waals surface area contributed by atoms with E-state index in [2.05, 4.69) is 5.32 Å². The van der Waals surface area contributed by atoms with Gasteiger partial charge in [-0.2, -0.15) is 0 Å². The summed E-state index contributed by atoms with van der Waals surface area (Å²) in [7, 11) is 0. The van der Waals surface area contributed by atoms with Crippen molar-refractivity contribution in [2.45, 2.75) is 57.6 Å². The Bertz CT molecular complexity index is 431. The number of aryl methyl sites for hydroxylation is 1. The smallest absolute Gasteiger partial charge is 0.251 e. The van der Waals surface area contributed by atoms with Gasteiger partial charge in [-0.1, -0.05) is 44.4 Å². The predicted molar refractivity (Wildman–Crippen MR) is 76.2 cm³/mol. The molecule has 1 saturated carbocycles. The molecule has 2 atom stereocenters. The number of nitrogens with one attached hydrogen (secondary N) is 1. The first-order valence-electron chi connectivity index (χ1n) is 7.29. The lowest BCUT2D eigenvalue weighted by molar-refractivity contribution is 0.0818. The van der Waals surface area contributed by atoms with Gasteiger partial charge < -0.3 is 10.4 Å². The van der Waals surface area contributed by atoms with Crippen molar-refractivity contribution in [2.24, 2.45) is 0 Å². The number of carbonyl (C=O) groups is 1. The van der Waals surface area contributed by atoms with Crippen LogP contribution in [-0.2, 0) is 6.42 Å². The second kappa shape index (κ2) is 6.71. The van der Waals surface area contributed by atoms with Crippen molar-refractivity contribution in [1.82, 2.24) is 5.32 Å². The molecule has 0 saturated heterocycles. The summed E-state index contributed by atoms with van der Waals surface area (Å²) in [5.41, 5.74) is 1.80. The molecule has 2 rings (SSSR count). The van der Waals surface area contributed by atoms with Crippen molar-refractivity contribution in [3.63, 3.8) is 0 Å². The molecule has 1 aromatic rings. The van der Waals surface area contributed by atoms with E-state index in [0.717, 1.165) is 49.7 Å². The van der Waals surface area contributed by atoms with Crippen molar-refractivity contribution in [3.8, 4) is 0 Å². The molecule has 3 heteroatoms. The Morgan fingerprint density at radius 1 is 1.26 bits per heavy atom. The van der Waals surface area contributed by atoms with Crippen LogP contribution in [0.2, 0.25) is 0 Å². The minimum atomic E-state index is -0.403. The fourth-order valence-electron chi connectivity index (χ4n) is 2.75. The zero-order valence-electron chi connectivity index (χ0n) is 11.6. The molecule has 1 aliphatic rings. The molecule has 2 N–H and O–H groups in total. The first kappa shape index (κ1) is 14.1. The van der Waals surface area contributed by atoms with E-state index in [4.69, 9.17) is 0 Å². The third-order valence-corrected chi connectivity index (χ3v) is 3.94. The standard InChI is InChI=1S/C16H23NO2/c1-2-12-8-6-7-9-13(12)16(19)17-14-10-4-3-5-11-15(14)18/h6-9,14-15,18H,2-5,10-11H2,1H3,(H,17,19). The molecule has 0 heterocycles. The summed E-state index contributed by atoms with van der Waals surface area (Å²) < 4.78 is 0. The maximum atomic E-state index is 12.3. The van der Waals surface area contributed by atoms with Gasteiger partial charge in [-0.15, -0.1) is 0 Å². The van der Waals surface area contributed by atoms with Crippen LogP contribution in [-0.4, -0.2) is 23.2 Å². The molecule has 2 unspecified atom stereocenters. The largest absolute Gasteiger partial charge is 0.391 e. The van der Waals surface area contributed by atoms with E-state index in [1.807, 2.05) is 31.2 Å². The van der Waals surface area contributed by atoms with Crippen LogP contribution >= 0.6 is 0 Å². The van der Waals surface area contributed by atoms with Gasteiger partial charge in [-0.25, -0.2) is 0 Å². The first-order chi connectivity index (χ1) is 9.22. The molecule has 0 spiro atoms. The number of benzene rings is 1. The number of aliphatic hydroxyl groups is 1. The zero-order chi connectivity index (χ0) is 13.7. The molecular weight excluding hydrogens is 238 g/mol. The molecule has 0 radical (unpaired) electrons. The van der Waals surface area contributed by atoms with E-state index in [0.29, 0.717) is 0 Å². The Labute approximate surface area is 115 Å². The molecule has 0 aliphatic heterocycles. The minimum Gasteiger partial charge on any atom is -0.391 e. The Hall–Kier alpha value is -1.35. The normalized spacial score (nSPS) is 23.7. The number of amides is 1. The van der Waals surface area contributed by atoms with Gasteiger partial charge in [0, 0.05) is 5.56 Å². The summed E-state index contributed by atoms with van der Waals surface area (Å²) in [6.45, 7) is 2.05. The topological polar surface area (TPSA) is 49.3 Å². The summed E-state index contributed by atoms with van der Waals surface area (Å²) in [5.74, 6) is -0.0524. The number of rotatable bonds is 3. The average Bonchev–Trinajstić information content (AvgIpc) is 2.64. The summed E-state index contributed by atoms with van der Waals surface area (Å²) >= 11 is 0. The summed E-state index contributed by atoms with van der Waals surface area (Å²) in [6.07, 6.45) is 5.39. The lowest BCUT2D eigenvalue weighted by Crippen LogP contribution is -2.42. The predicted octanol–water partition coefficient (Wildman–Crippen LogP) is 2.67. The molecule has 1 amide bonds. The second-order valence-electron chi connectivity index (χ2n) is 5.30. The van der Waals surface area contributed by atoms with Gasteiger partial charge in [0.2, 0.25) is 0 Å². The van der Waals surface area contributed by atoms with E-state index in [1.54, 1.807) is 0 Å². The Morgan fingerprint density at radius 2 is 2.00 bits per heavy atom. The van der Waals surface area contributed by atoms with Gasteiger partial charge in [0.1, 0.15) is 0 Å². The van der Waals surface area contributed by atoms with Gasteiger partial charge in [-0.05, 0) is 30.9 Å². The van der Waals surface area contributed by atoms with Crippen LogP contribution < -0.4 is 5.32 Å². The molecule has 19 heavy (non-hydrogen) atoms. The highest BCUT2D eigenvalue weighted by Crippen LogP contribution is 2.19. The highest BCUT2D eigenvalue weighted by molar-refractivity contribution is 5.95. The number of hydrogen-bond donors (Lipinski definition) is 2. The molecule has 104 valence electrons. The van der Waals surface area contributed by atoms with E-state index in [9.17, 15) is 9.90 Å². The van der Waals surface area contributed by atoms with Crippen molar-refractivity contribution in [1.29, 1.82) is 0 Å². The minimum absolute atomic E-state index is 0.0524. The van der Waals surface area contributed by atoms with Gasteiger partial charge in [-0.3, -0.25) is 4.79 Å². The number of aliphatic hydroxyl groups excluding tert-OH is 1. The van der Waals surface area contributed by atoms with Crippen LogP contribution in [0.3, 0.4) is 0 Å². The van der Waals surface area contributed by atoms with Crippen molar-refractivity contribution in [3.05, 3.63) is 35.4 Å². The van der Waals surface area contributed by atoms with Crippen LogP contribution in [0.1, 0.15) is 54.9 Å². The Morgan fingerprint density at radius 3 is 2.79 bits per heavy atom. The molecule has 1 aliphatic carbocycles. The van der Waals surface area contributed by atoms with Crippen LogP contribution in [0.15, 0.2) is 24.3 Å². The van der Waals surface area contributed by atoms with E-state index in [-0.39, 0.29) is 11.9 Å². The summed E-state index contributed by atoms with van der Waals surface area (Å²) in [4.78, 5) is 12.3. The van der Waals surface area contributed by atoms with Crippen molar-refractivity contribution in [2.75, 3.05) is 0 Å². The molecule has 1 aromatic carbocycles. The third kappa shape index (κ3) is 3.57. The van der Waals surface area contributed by atoms with Crippen LogP contribution in [0, 0.1) is 0 Å². The number of hydrogen-bond acceptors (Lipinski definition) is 2. The van der Waals surface area contributed by atoms with Crippen LogP contribution in [0.5, 0.6) is 0 Å². The first-order valence-corrected chi connectivity index (χ1v) is 7.29. The summed E-state index contributed by atoms with van der Waals surface area (Å²) in [6, 6.07) is 7.59. The van der Waals surface area contributed by atoms with E-state index in [1.165, 1.54) is 0 Å². The van der Waals surface area contributed by atoms with Crippen molar-refractivity contribution >= 4 is 5.91 Å². The molecule has 0 aromatic heterocycles. The lowest BCUT2D eigenvalue weighted by Gasteiger charge is -2.22. The highest BCUT2D eigenvalue weighted by Gasteiger charge is 2.24. The molecule has 3 nitrogen and oxygen atoms in total. The maximum Gasteiger partial charge on any atom is 0.251 e. The average molecular weight is 261 g/mol. The molecular formula is C16H23NO2. The monoisotopic (exact) mass is 261 g/mol. The van der Waals surface area contributed by atoms with E-state index >= 15 is 0 Å². The molecule has 1 fully saturated rings. The quantitative estimate of drug-likeness (QED) is 0.822. The molecule has 0 bridgehead atoms. The maximum absolute atomic E-state index is 12.3. The van der Waals surface area contributed by atoms with Crippen molar-refractivity contribution < 1.29 is 9.90 Å². The van der Waals surface area contributed by atoms with Gasteiger partial charge in [0.15, 0.2) is 0 Å². The lowest BCUT2D eigenvalue weighted by atomic mass is 10.0. The zero-order valence-corrected chi connectivity index (χ0v) is 11.6. The Kier molecular flexibility index (Phi) is 4.97. The Balaban J connectivity index is 2.07. The third-order valence-electron chi connectivity index (χ3n) is 3.94. The van der Waals surface area contributed by atoms with Gasteiger partial charge in [0.05, 0.1) is 12.1 Å². The fourth-order valence-corrected chi connectivity index (χ4v) is 2.75. The highest BCUT2D eigenvalue weighted by atomic mass is 16.3. The van der Waals surface area contributed by atoms with Gasteiger partial charge >= 0.3 is 0 Å².